The van der Waals surface area contributed by atoms with E-state index in [0.717, 1.165) is 17.5 Å². The SMILES string of the molecule is COC(=O)[C@H](Cc1cccc(OCc2ccccc2)c1)NC(=O)[C@@H]1CCCO1. The summed E-state index contributed by atoms with van der Waals surface area (Å²) in [6.07, 6.45) is 1.34. The van der Waals surface area contributed by atoms with E-state index in [1.54, 1.807) is 0 Å². The maximum atomic E-state index is 12.3. The minimum absolute atomic E-state index is 0.274. The quantitative estimate of drug-likeness (QED) is 0.710. The van der Waals surface area contributed by atoms with Gasteiger partial charge in [-0.1, -0.05) is 42.5 Å². The molecule has 1 aliphatic rings. The second-order valence-electron chi connectivity index (χ2n) is 6.71. The molecule has 2 aromatic carbocycles. The minimum Gasteiger partial charge on any atom is -0.489 e. The normalized spacial score (nSPS) is 17.0. The van der Waals surface area contributed by atoms with Crippen molar-refractivity contribution in [3.05, 3.63) is 65.7 Å². The van der Waals surface area contributed by atoms with Gasteiger partial charge in [0.25, 0.3) is 0 Å². The zero-order valence-electron chi connectivity index (χ0n) is 15.9. The molecule has 1 heterocycles. The minimum atomic E-state index is -0.772. The van der Waals surface area contributed by atoms with Gasteiger partial charge in [-0.05, 0) is 36.1 Å². The van der Waals surface area contributed by atoms with Crippen molar-refractivity contribution < 1.29 is 23.8 Å². The van der Waals surface area contributed by atoms with Gasteiger partial charge in [0.05, 0.1) is 7.11 Å². The van der Waals surface area contributed by atoms with Gasteiger partial charge in [-0.15, -0.1) is 0 Å². The zero-order valence-corrected chi connectivity index (χ0v) is 15.9. The van der Waals surface area contributed by atoms with Crippen LogP contribution in [0.15, 0.2) is 54.6 Å². The molecule has 0 saturated carbocycles. The van der Waals surface area contributed by atoms with E-state index in [4.69, 9.17) is 14.2 Å². The molecule has 0 spiro atoms. The van der Waals surface area contributed by atoms with Gasteiger partial charge in [0.15, 0.2) is 0 Å². The first-order valence-corrected chi connectivity index (χ1v) is 9.41. The third-order valence-electron chi connectivity index (χ3n) is 4.61. The van der Waals surface area contributed by atoms with Crippen molar-refractivity contribution in [2.24, 2.45) is 0 Å². The van der Waals surface area contributed by atoms with Crippen LogP contribution in [-0.2, 0) is 32.1 Å². The van der Waals surface area contributed by atoms with Gasteiger partial charge in [0.1, 0.15) is 24.5 Å². The average Bonchev–Trinajstić information content (AvgIpc) is 3.27. The van der Waals surface area contributed by atoms with E-state index < -0.39 is 18.1 Å². The molecule has 0 bridgehead atoms. The molecule has 2 aromatic rings. The number of carbonyl (C=O) groups excluding carboxylic acids is 2. The van der Waals surface area contributed by atoms with Crippen LogP contribution in [0.25, 0.3) is 0 Å². The van der Waals surface area contributed by atoms with Crippen LogP contribution in [0.1, 0.15) is 24.0 Å². The standard InChI is InChI=1S/C22H25NO5/c1-26-22(25)19(23-21(24)20-11-6-12-27-20)14-17-9-5-10-18(13-17)28-15-16-7-3-2-4-8-16/h2-5,7-10,13,19-20H,6,11-12,14-15H2,1H3,(H,23,24)/t19-,20-/m0/s1. The lowest BCUT2D eigenvalue weighted by molar-refractivity contribution is -0.146. The summed E-state index contributed by atoms with van der Waals surface area (Å²) in [5.41, 5.74) is 1.94. The van der Waals surface area contributed by atoms with Crippen molar-refractivity contribution >= 4 is 11.9 Å². The maximum absolute atomic E-state index is 12.3. The Morgan fingerprint density at radius 3 is 2.64 bits per heavy atom. The molecular formula is C22H25NO5. The Kier molecular flexibility index (Phi) is 7.03. The Labute approximate surface area is 164 Å². The number of esters is 1. The van der Waals surface area contributed by atoms with Gasteiger partial charge in [-0.3, -0.25) is 4.79 Å². The number of nitrogens with one attached hydrogen (secondary N) is 1. The highest BCUT2D eigenvalue weighted by atomic mass is 16.5. The van der Waals surface area contributed by atoms with E-state index in [-0.39, 0.29) is 5.91 Å². The van der Waals surface area contributed by atoms with Crippen molar-refractivity contribution in [3.8, 4) is 5.75 Å². The maximum Gasteiger partial charge on any atom is 0.328 e. The molecule has 148 valence electrons. The number of rotatable bonds is 8. The number of amides is 1. The molecule has 1 aliphatic heterocycles. The molecule has 1 saturated heterocycles. The second-order valence-corrected chi connectivity index (χ2v) is 6.71. The van der Waals surface area contributed by atoms with Crippen molar-refractivity contribution in [3.63, 3.8) is 0 Å². The molecule has 6 nitrogen and oxygen atoms in total. The van der Waals surface area contributed by atoms with Gasteiger partial charge in [0.2, 0.25) is 5.91 Å². The monoisotopic (exact) mass is 383 g/mol. The van der Waals surface area contributed by atoms with Crippen LogP contribution >= 0.6 is 0 Å². The summed E-state index contributed by atoms with van der Waals surface area (Å²) < 4.78 is 16.1. The van der Waals surface area contributed by atoms with Crippen molar-refractivity contribution in [2.45, 2.75) is 38.0 Å². The summed E-state index contributed by atoms with van der Waals surface area (Å²) >= 11 is 0. The molecule has 0 unspecified atom stereocenters. The Balaban J connectivity index is 1.63. The van der Waals surface area contributed by atoms with Crippen LogP contribution in [0, 0.1) is 0 Å². The molecule has 1 amide bonds. The first kappa shape index (κ1) is 19.9. The highest BCUT2D eigenvalue weighted by Crippen LogP contribution is 2.18. The molecule has 28 heavy (non-hydrogen) atoms. The molecule has 6 heteroatoms. The van der Waals surface area contributed by atoms with Gasteiger partial charge in [0, 0.05) is 13.0 Å². The second kappa shape index (κ2) is 9.90. The summed E-state index contributed by atoms with van der Waals surface area (Å²) in [7, 11) is 1.31. The van der Waals surface area contributed by atoms with Gasteiger partial charge in [-0.2, -0.15) is 0 Å². The molecule has 0 aromatic heterocycles. The number of carbonyl (C=O) groups is 2. The van der Waals surface area contributed by atoms with E-state index in [2.05, 4.69) is 5.32 Å². The van der Waals surface area contributed by atoms with Crippen LogP contribution in [0.3, 0.4) is 0 Å². The molecule has 1 fully saturated rings. The summed E-state index contributed by atoms with van der Waals surface area (Å²) in [5, 5.41) is 2.76. The first-order valence-electron chi connectivity index (χ1n) is 9.41. The smallest absolute Gasteiger partial charge is 0.328 e. The van der Waals surface area contributed by atoms with Crippen molar-refractivity contribution in [1.82, 2.24) is 5.32 Å². The average molecular weight is 383 g/mol. The van der Waals surface area contributed by atoms with E-state index in [9.17, 15) is 9.59 Å². The largest absolute Gasteiger partial charge is 0.489 e. The fourth-order valence-corrected chi connectivity index (χ4v) is 3.12. The molecule has 1 N–H and O–H groups in total. The topological polar surface area (TPSA) is 73.9 Å². The first-order chi connectivity index (χ1) is 13.7. The van der Waals surface area contributed by atoms with Crippen molar-refractivity contribution in [2.75, 3.05) is 13.7 Å². The third-order valence-corrected chi connectivity index (χ3v) is 4.61. The van der Waals surface area contributed by atoms with Gasteiger partial charge in [-0.25, -0.2) is 4.79 Å². The predicted octanol–water partition coefficient (Wildman–Crippen LogP) is 2.64. The molecule has 2 atom stereocenters. The van der Waals surface area contributed by atoms with Crippen LogP contribution < -0.4 is 10.1 Å². The number of benzene rings is 2. The lowest BCUT2D eigenvalue weighted by Crippen LogP contribution is -2.47. The Bertz CT molecular complexity index is 787. The Hall–Kier alpha value is -2.86. The fourth-order valence-electron chi connectivity index (χ4n) is 3.12. The third kappa shape index (κ3) is 5.57. The predicted molar refractivity (Wildman–Crippen MR) is 104 cm³/mol. The van der Waals surface area contributed by atoms with Crippen LogP contribution in [-0.4, -0.2) is 37.7 Å². The van der Waals surface area contributed by atoms with E-state index in [0.29, 0.717) is 31.8 Å². The summed E-state index contributed by atoms with van der Waals surface area (Å²) in [5.74, 6) is -0.0539. The molecule has 3 rings (SSSR count). The van der Waals surface area contributed by atoms with E-state index >= 15 is 0 Å². The highest BCUT2D eigenvalue weighted by molar-refractivity contribution is 5.87. The van der Waals surface area contributed by atoms with Crippen LogP contribution in [0.5, 0.6) is 5.75 Å². The number of hydrogen-bond donors (Lipinski definition) is 1. The number of methoxy groups -OCH3 is 1. The van der Waals surface area contributed by atoms with Crippen LogP contribution in [0.2, 0.25) is 0 Å². The Morgan fingerprint density at radius 2 is 1.93 bits per heavy atom. The lowest BCUT2D eigenvalue weighted by atomic mass is 10.0. The molecular weight excluding hydrogens is 358 g/mol. The lowest BCUT2D eigenvalue weighted by Gasteiger charge is -2.19. The zero-order chi connectivity index (χ0) is 19.8. The van der Waals surface area contributed by atoms with Gasteiger partial charge < -0.3 is 19.5 Å². The molecule has 0 radical (unpaired) electrons. The summed E-state index contributed by atoms with van der Waals surface area (Å²) in [4.78, 5) is 24.5. The van der Waals surface area contributed by atoms with Crippen molar-refractivity contribution in [1.29, 1.82) is 0 Å². The number of ether oxygens (including phenoxy) is 3. The highest BCUT2D eigenvalue weighted by Gasteiger charge is 2.29. The molecule has 0 aliphatic carbocycles. The van der Waals surface area contributed by atoms with E-state index in [1.807, 2.05) is 54.6 Å². The summed E-state index contributed by atoms with van der Waals surface area (Å²) in [6.45, 7) is 1.03. The van der Waals surface area contributed by atoms with Gasteiger partial charge >= 0.3 is 5.97 Å². The van der Waals surface area contributed by atoms with E-state index in [1.165, 1.54) is 7.11 Å². The number of hydrogen-bond acceptors (Lipinski definition) is 5. The van der Waals surface area contributed by atoms with Crippen LogP contribution in [0.4, 0.5) is 0 Å². The summed E-state index contributed by atoms with van der Waals surface area (Å²) in [6, 6.07) is 16.6. The Morgan fingerprint density at radius 1 is 1.14 bits per heavy atom. The fraction of sp³-hybridized carbons (Fsp3) is 0.364.